The molecule has 14 nitrogen and oxygen atoms in total. The zero-order valence-electron chi connectivity index (χ0n) is 25.6. The van der Waals surface area contributed by atoms with Crippen LogP contribution in [0.15, 0.2) is 64.3 Å². The number of carbonyl (C=O) groups excluding carboxylic acids is 3. The number of anilines is 1. The monoisotopic (exact) mass is 651 g/mol. The molecule has 0 saturated carbocycles. The molecule has 0 radical (unpaired) electrons. The minimum Gasteiger partial charge on any atom is -0.462 e. The fraction of sp³-hybridized carbons (Fsp3) is 0.258. The molecule has 15 heteroatoms. The number of nitrogens with one attached hydrogen (secondary N) is 2. The van der Waals surface area contributed by atoms with E-state index in [2.05, 4.69) is 15.0 Å². The van der Waals surface area contributed by atoms with Crippen molar-refractivity contribution in [2.45, 2.75) is 32.3 Å². The minimum atomic E-state index is -4.07. The Labute approximate surface area is 264 Å². The number of hydrogen-bond donors (Lipinski definition) is 3. The first-order valence-electron chi connectivity index (χ1n) is 14.1. The van der Waals surface area contributed by atoms with E-state index in [0.717, 1.165) is 4.57 Å². The smallest absolute Gasteiger partial charge is 0.407 e. The number of esters is 2. The summed E-state index contributed by atoms with van der Waals surface area (Å²) in [5.41, 5.74) is 6.65. The van der Waals surface area contributed by atoms with Gasteiger partial charge in [-0.05, 0) is 69.3 Å². The van der Waals surface area contributed by atoms with Crippen molar-refractivity contribution < 1.29 is 37.0 Å². The highest BCUT2D eigenvalue weighted by molar-refractivity contribution is 7.89. The van der Waals surface area contributed by atoms with Gasteiger partial charge in [-0.15, -0.1) is 0 Å². The summed E-state index contributed by atoms with van der Waals surface area (Å²) < 4.78 is 44.8. The van der Waals surface area contributed by atoms with Gasteiger partial charge in [-0.1, -0.05) is 24.3 Å². The number of hydrogen-bond acceptors (Lipinski definition) is 11. The second-order valence-corrected chi connectivity index (χ2v) is 11.7. The molecule has 0 fully saturated rings. The van der Waals surface area contributed by atoms with Crippen molar-refractivity contribution in [2.75, 3.05) is 32.5 Å². The fourth-order valence-corrected chi connectivity index (χ4v) is 5.73. The first-order valence-corrected chi connectivity index (χ1v) is 15.6. The molecule has 4 aromatic rings. The number of carbonyl (C=O) groups is 3. The first-order chi connectivity index (χ1) is 21.9. The predicted octanol–water partition coefficient (Wildman–Crippen LogP) is 2.75. The number of nitrogen functional groups attached to an aromatic ring is 1. The maximum Gasteiger partial charge on any atom is 0.407 e. The van der Waals surface area contributed by atoms with E-state index in [4.69, 9.17) is 19.9 Å². The number of sulfonamides is 1. The highest BCUT2D eigenvalue weighted by atomic mass is 32.2. The molecule has 0 aliphatic rings. The fourth-order valence-electron chi connectivity index (χ4n) is 4.82. The summed E-state index contributed by atoms with van der Waals surface area (Å²) >= 11 is 0. The summed E-state index contributed by atoms with van der Waals surface area (Å²) in [4.78, 5) is 56.1. The van der Waals surface area contributed by atoms with Gasteiger partial charge in [0.2, 0.25) is 10.0 Å². The molecule has 0 spiro atoms. The van der Waals surface area contributed by atoms with Gasteiger partial charge in [0.05, 0.1) is 40.9 Å². The van der Waals surface area contributed by atoms with E-state index >= 15 is 0 Å². The highest BCUT2D eigenvalue weighted by Crippen LogP contribution is 2.26. The topological polar surface area (TPSA) is 198 Å². The Hall–Kier alpha value is -5.28. The van der Waals surface area contributed by atoms with Crippen LogP contribution in [0.5, 0.6) is 0 Å². The summed E-state index contributed by atoms with van der Waals surface area (Å²) in [6.07, 6.45) is -0.919. The molecule has 4 rings (SSSR count). The van der Waals surface area contributed by atoms with Gasteiger partial charge in [0.1, 0.15) is 11.5 Å². The van der Waals surface area contributed by atoms with Gasteiger partial charge in [0.25, 0.3) is 5.56 Å². The quantitative estimate of drug-likeness (QED) is 0.0933. The Balaban J connectivity index is 1.68. The Morgan fingerprint density at radius 1 is 0.978 bits per heavy atom. The average molecular weight is 652 g/mol. The highest BCUT2D eigenvalue weighted by Gasteiger charge is 2.25. The zero-order chi connectivity index (χ0) is 33.6. The summed E-state index contributed by atoms with van der Waals surface area (Å²) in [6, 6.07) is 13.7. The lowest BCUT2D eigenvalue weighted by Crippen LogP contribution is -2.31. The average Bonchev–Trinajstić information content (AvgIpc) is 3.02. The Kier molecular flexibility index (Phi) is 10.4. The number of para-hydroxylation sites is 2. The van der Waals surface area contributed by atoms with E-state index in [9.17, 15) is 27.6 Å². The van der Waals surface area contributed by atoms with Crippen molar-refractivity contribution in [1.29, 1.82) is 0 Å². The van der Waals surface area contributed by atoms with Crippen LogP contribution in [0.1, 0.15) is 44.6 Å². The molecule has 0 aliphatic carbocycles. The van der Waals surface area contributed by atoms with Crippen molar-refractivity contribution >= 4 is 44.6 Å². The van der Waals surface area contributed by atoms with Crippen LogP contribution < -0.4 is 21.3 Å². The Morgan fingerprint density at radius 2 is 1.67 bits per heavy atom. The molecule has 0 bridgehead atoms. The SMILES string of the molecule is CCOC(=O)c1c(C)cc2nc(COC(=O)NCCOC(=O)c3ccccc3N)n(-c3ccccc3S(=O)(=O)NC)c(=O)c2c1C. The third kappa shape index (κ3) is 7.00. The van der Waals surface area contributed by atoms with Crippen LogP contribution in [-0.2, 0) is 30.8 Å². The second-order valence-electron chi connectivity index (χ2n) is 9.88. The van der Waals surface area contributed by atoms with Crippen LogP contribution in [0, 0.1) is 13.8 Å². The van der Waals surface area contributed by atoms with Crippen LogP contribution in [0.4, 0.5) is 10.5 Å². The van der Waals surface area contributed by atoms with Crippen molar-refractivity contribution in [3.8, 4) is 5.69 Å². The molecule has 0 saturated heterocycles. The maximum atomic E-state index is 14.2. The van der Waals surface area contributed by atoms with Crippen molar-refractivity contribution in [3.05, 3.63) is 93.0 Å². The molecule has 4 N–H and O–H groups in total. The van der Waals surface area contributed by atoms with Crippen molar-refractivity contribution in [2.24, 2.45) is 0 Å². The van der Waals surface area contributed by atoms with E-state index in [1.165, 1.54) is 43.4 Å². The standard InChI is InChI=1S/C31H33N5O9S/c1-5-43-30(39)26-18(2)16-22-27(19(26)3)28(37)36(23-12-8-9-13-24(23)46(41,42)33-4)25(35-22)17-45-31(40)34-14-15-44-29(38)20-10-6-7-11-21(20)32/h6-13,16,33H,5,14-15,17,32H2,1-4H3,(H,34,40). The lowest BCUT2D eigenvalue weighted by atomic mass is 9.98. The third-order valence-electron chi connectivity index (χ3n) is 6.94. The molecule has 1 aromatic heterocycles. The zero-order valence-corrected chi connectivity index (χ0v) is 26.4. The van der Waals surface area contributed by atoms with Gasteiger partial charge >= 0.3 is 18.0 Å². The van der Waals surface area contributed by atoms with E-state index in [1.54, 1.807) is 39.0 Å². The number of rotatable bonds is 11. The summed E-state index contributed by atoms with van der Waals surface area (Å²) in [7, 11) is -2.84. The van der Waals surface area contributed by atoms with Gasteiger partial charge in [-0.3, -0.25) is 9.36 Å². The number of aryl methyl sites for hydroxylation is 2. The van der Waals surface area contributed by atoms with Crippen molar-refractivity contribution in [1.82, 2.24) is 19.6 Å². The molecule has 242 valence electrons. The molecule has 46 heavy (non-hydrogen) atoms. The van der Waals surface area contributed by atoms with E-state index in [-0.39, 0.29) is 63.9 Å². The minimum absolute atomic E-state index is 0.0550. The Morgan fingerprint density at radius 3 is 2.37 bits per heavy atom. The lowest BCUT2D eigenvalue weighted by molar-refractivity contribution is 0.0501. The van der Waals surface area contributed by atoms with Gasteiger partial charge < -0.3 is 25.3 Å². The van der Waals surface area contributed by atoms with Crippen LogP contribution in [0.2, 0.25) is 0 Å². The molecule has 1 heterocycles. The summed E-state index contributed by atoms with van der Waals surface area (Å²) in [5, 5.41) is 2.49. The van der Waals surface area contributed by atoms with Gasteiger partial charge in [0, 0.05) is 5.69 Å². The number of alkyl carbamates (subject to hydrolysis) is 1. The van der Waals surface area contributed by atoms with Crippen LogP contribution in [0.3, 0.4) is 0 Å². The van der Waals surface area contributed by atoms with Gasteiger partial charge in [-0.25, -0.2) is 32.5 Å². The van der Waals surface area contributed by atoms with Crippen LogP contribution >= 0.6 is 0 Å². The predicted molar refractivity (Wildman–Crippen MR) is 168 cm³/mol. The van der Waals surface area contributed by atoms with Crippen LogP contribution in [-0.4, -0.2) is 62.8 Å². The lowest BCUT2D eigenvalue weighted by Gasteiger charge is -2.19. The largest absolute Gasteiger partial charge is 0.462 e. The van der Waals surface area contributed by atoms with E-state index in [1.807, 2.05) is 0 Å². The first kappa shape index (κ1) is 33.6. The van der Waals surface area contributed by atoms with Crippen LogP contribution in [0.25, 0.3) is 16.6 Å². The van der Waals surface area contributed by atoms with E-state index < -0.39 is 40.2 Å². The maximum absolute atomic E-state index is 14.2. The molecule has 1 amide bonds. The number of benzene rings is 3. The number of aromatic nitrogens is 2. The third-order valence-corrected chi connectivity index (χ3v) is 8.40. The number of amides is 1. The Bertz CT molecular complexity index is 1990. The molecular formula is C31H33N5O9S. The molecule has 3 aromatic carbocycles. The van der Waals surface area contributed by atoms with Gasteiger partial charge in [0.15, 0.2) is 12.4 Å². The molecule has 0 atom stereocenters. The number of ether oxygens (including phenoxy) is 3. The van der Waals surface area contributed by atoms with Crippen molar-refractivity contribution in [3.63, 3.8) is 0 Å². The second kappa shape index (κ2) is 14.2. The molecule has 0 aliphatic heterocycles. The summed E-state index contributed by atoms with van der Waals surface area (Å²) in [6.45, 7) is 4.19. The normalized spacial score (nSPS) is 11.2. The van der Waals surface area contributed by atoms with E-state index in [0.29, 0.717) is 11.1 Å². The van der Waals surface area contributed by atoms with Gasteiger partial charge in [-0.2, -0.15) is 0 Å². The number of fused-ring (bicyclic) bond motifs is 1. The molecular weight excluding hydrogens is 618 g/mol. The summed E-state index contributed by atoms with van der Waals surface area (Å²) in [5.74, 6) is -1.38. The number of nitrogens with two attached hydrogens (primary N) is 1. The molecule has 0 unspecified atom stereocenters. The number of nitrogens with zero attached hydrogens (tertiary/aromatic N) is 2.